The lowest BCUT2D eigenvalue weighted by molar-refractivity contribution is -0.122. The Kier molecular flexibility index (Phi) is 6.95. The molecule has 150 valence electrons. The van der Waals surface area contributed by atoms with E-state index in [9.17, 15) is 9.59 Å². The molecule has 0 bridgehead atoms. The first-order valence-electron chi connectivity index (χ1n) is 9.30. The van der Waals surface area contributed by atoms with Crippen molar-refractivity contribution >= 4 is 23.6 Å². The third-order valence-electron chi connectivity index (χ3n) is 4.52. The van der Waals surface area contributed by atoms with Gasteiger partial charge in [0.1, 0.15) is 11.5 Å². The summed E-state index contributed by atoms with van der Waals surface area (Å²) in [6.45, 7) is 5.20. The van der Waals surface area contributed by atoms with Gasteiger partial charge in [-0.25, -0.2) is 4.79 Å². The van der Waals surface area contributed by atoms with Crippen LogP contribution in [0.2, 0.25) is 5.02 Å². The molecule has 0 aliphatic carbocycles. The van der Waals surface area contributed by atoms with Gasteiger partial charge < -0.3 is 19.4 Å². The van der Waals surface area contributed by atoms with Crippen molar-refractivity contribution in [1.82, 2.24) is 15.1 Å². The molecule has 0 saturated carbocycles. The minimum atomic E-state index is -0.291. The van der Waals surface area contributed by atoms with Crippen LogP contribution in [0.4, 0.5) is 4.79 Å². The Labute approximate surface area is 169 Å². The van der Waals surface area contributed by atoms with E-state index in [4.69, 9.17) is 20.8 Å². The number of carbonyl (C=O) groups excluding carboxylic acids is 2. The molecule has 8 heteroatoms. The van der Waals surface area contributed by atoms with E-state index in [2.05, 4.69) is 5.32 Å². The molecule has 1 aromatic carbocycles. The quantitative estimate of drug-likeness (QED) is 0.799. The van der Waals surface area contributed by atoms with Crippen LogP contribution in [0.1, 0.15) is 12.7 Å². The first kappa shape index (κ1) is 20.2. The summed E-state index contributed by atoms with van der Waals surface area (Å²) in [7, 11) is 0. The van der Waals surface area contributed by atoms with E-state index in [0.717, 1.165) is 11.3 Å². The largest absolute Gasteiger partial charge is 0.459 e. The highest BCUT2D eigenvalue weighted by molar-refractivity contribution is 6.30. The lowest BCUT2D eigenvalue weighted by Crippen LogP contribution is -2.51. The maximum atomic E-state index is 12.2. The zero-order valence-electron chi connectivity index (χ0n) is 15.8. The summed E-state index contributed by atoms with van der Waals surface area (Å²) in [5.74, 6) is 1.34. The van der Waals surface area contributed by atoms with Crippen LogP contribution in [0.3, 0.4) is 0 Å². The Morgan fingerprint density at radius 1 is 1.11 bits per heavy atom. The van der Waals surface area contributed by atoms with Gasteiger partial charge in [-0.15, -0.1) is 0 Å². The number of halogens is 1. The third kappa shape index (κ3) is 5.50. The molecule has 2 aromatic rings. The topological polar surface area (TPSA) is 75.0 Å². The highest BCUT2D eigenvalue weighted by atomic mass is 35.5. The standard InChI is InChI=1S/C20H24ClN3O4/c1-2-27-20(26)24-11-9-23(10-12-24)14-19(25)22-13-17-7-8-18(28-17)15-3-5-16(21)6-4-15/h3-8H,2,9-14H2,1H3,(H,22,25). The number of nitrogens with one attached hydrogen (secondary N) is 1. The highest BCUT2D eigenvalue weighted by Gasteiger charge is 2.23. The highest BCUT2D eigenvalue weighted by Crippen LogP contribution is 2.23. The lowest BCUT2D eigenvalue weighted by atomic mass is 10.2. The number of carbonyl (C=O) groups is 2. The minimum absolute atomic E-state index is 0.0750. The second kappa shape index (κ2) is 9.61. The van der Waals surface area contributed by atoms with Gasteiger partial charge in [0.2, 0.25) is 5.91 Å². The second-order valence-electron chi connectivity index (χ2n) is 6.51. The normalized spacial score (nSPS) is 14.7. The molecule has 1 aliphatic rings. The van der Waals surface area contributed by atoms with Gasteiger partial charge in [-0.1, -0.05) is 11.6 Å². The van der Waals surface area contributed by atoms with Crippen LogP contribution >= 0.6 is 11.6 Å². The first-order valence-corrected chi connectivity index (χ1v) is 9.68. The number of amides is 2. The van der Waals surface area contributed by atoms with Crippen molar-refractivity contribution in [3.8, 4) is 11.3 Å². The molecule has 0 atom stereocenters. The summed E-state index contributed by atoms with van der Waals surface area (Å²) in [5.41, 5.74) is 0.932. The summed E-state index contributed by atoms with van der Waals surface area (Å²) < 4.78 is 10.8. The SMILES string of the molecule is CCOC(=O)N1CCN(CC(=O)NCc2ccc(-c3ccc(Cl)cc3)o2)CC1. The van der Waals surface area contributed by atoms with E-state index >= 15 is 0 Å². The molecule has 1 N–H and O–H groups in total. The third-order valence-corrected chi connectivity index (χ3v) is 4.77. The van der Waals surface area contributed by atoms with Crippen LogP contribution in [0.15, 0.2) is 40.8 Å². The van der Waals surface area contributed by atoms with Crippen LogP contribution in [0.25, 0.3) is 11.3 Å². The molecule has 3 rings (SSSR count). The molecule has 1 saturated heterocycles. The van der Waals surface area contributed by atoms with Gasteiger partial charge in [0.15, 0.2) is 0 Å². The van der Waals surface area contributed by atoms with Crippen LogP contribution in [-0.4, -0.2) is 61.1 Å². The predicted molar refractivity (Wildman–Crippen MR) is 106 cm³/mol. The van der Waals surface area contributed by atoms with Crippen LogP contribution < -0.4 is 5.32 Å². The molecule has 0 unspecified atom stereocenters. The summed E-state index contributed by atoms with van der Waals surface area (Å²) in [5, 5.41) is 3.55. The molecule has 0 radical (unpaired) electrons. The molecular formula is C20H24ClN3O4. The smallest absolute Gasteiger partial charge is 0.409 e. The second-order valence-corrected chi connectivity index (χ2v) is 6.95. The number of hydrogen-bond donors (Lipinski definition) is 1. The Hall–Kier alpha value is -2.51. The van der Waals surface area contributed by atoms with Gasteiger partial charge in [0, 0.05) is 36.8 Å². The lowest BCUT2D eigenvalue weighted by Gasteiger charge is -2.33. The van der Waals surface area contributed by atoms with Crippen molar-refractivity contribution < 1.29 is 18.7 Å². The van der Waals surface area contributed by atoms with E-state index in [1.54, 1.807) is 11.8 Å². The average molecular weight is 406 g/mol. The number of hydrogen-bond acceptors (Lipinski definition) is 5. The number of nitrogens with zero attached hydrogens (tertiary/aromatic N) is 2. The van der Waals surface area contributed by atoms with Crippen LogP contribution in [0, 0.1) is 0 Å². The molecule has 0 spiro atoms. The molecular weight excluding hydrogens is 382 g/mol. The van der Waals surface area contributed by atoms with E-state index in [0.29, 0.717) is 56.7 Å². The number of piperazine rings is 1. The van der Waals surface area contributed by atoms with Crippen molar-refractivity contribution in [1.29, 1.82) is 0 Å². The maximum absolute atomic E-state index is 12.2. The van der Waals surface area contributed by atoms with Gasteiger partial charge in [-0.2, -0.15) is 0 Å². The predicted octanol–water partition coefficient (Wildman–Crippen LogP) is 2.99. The summed E-state index contributed by atoms with van der Waals surface area (Å²) >= 11 is 5.90. The van der Waals surface area contributed by atoms with Crippen LogP contribution in [0.5, 0.6) is 0 Å². The Morgan fingerprint density at radius 2 is 1.82 bits per heavy atom. The molecule has 28 heavy (non-hydrogen) atoms. The Bertz CT molecular complexity index is 798. The molecule has 1 aromatic heterocycles. The van der Waals surface area contributed by atoms with Gasteiger partial charge in [0.25, 0.3) is 0 Å². The van der Waals surface area contributed by atoms with Crippen molar-refractivity contribution in [3.05, 3.63) is 47.2 Å². The molecule has 1 aliphatic heterocycles. The van der Waals surface area contributed by atoms with E-state index in [1.165, 1.54) is 0 Å². The summed E-state index contributed by atoms with van der Waals surface area (Å²) in [6, 6.07) is 11.1. The van der Waals surface area contributed by atoms with Crippen molar-refractivity contribution in [2.24, 2.45) is 0 Å². The number of rotatable bonds is 6. The van der Waals surface area contributed by atoms with Crippen molar-refractivity contribution in [2.45, 2.75) is 13.5 Å². The van der Waals surface area contributed by atoms with E-state index in [1.807, 2.05) is 41.3 Å². The van der Waals surface area contributed by atoms with E-state index in [-0.39, 0.29) is 12.0 Å². The monoisotopic (exact) mass is 405 g/mol. The fraction of sp³-hybridized carbons (Fsp3) is 0.400. The van der Waals surface area contributed by atoms with Gasteiger partial charge in [-0.3, -0.25) is 9.69 Å². The first-order chi connectivity index (χ1) is 13.5. The Balaban J connectivity index is 1.42. The van der Waals surface area contributed by atoms with Crippen molar-refractivity contribution in [2.75, 3.05) is 39.3 Å². The molecule has 7 nitrogen and oxygen atoms in total. The Morgan fingerprint density at radius 3 is 2.50 bits per heavy atom. The summed E-state index contributed by atoms with van der Waals surface area (Å²) in [6.07, 6.45) is -0.291. The number of furan rings is 1. The molecule has 2 amide bonds. The average Bonchev–Trinajstić information content (AvgIpc) is 3.17. The van der Waals surface area contributed by atoms with Gasteiger partial charge in [-0.05, 0) is 43.3 Å². The zero-order valence-corrected chi connectivity index (χ0v) is 16.6. The van der Waals surface area contributed by atoms with Gasteiger partial charge in [0.05, 0.1) is 19.7 Å². The van der Waals surface area contributed by atoms with Gasteiger partial charge >= 0.3 is 6.09 Å². The minimum Gasteiger partial charge on any atom is -0.459 e. The van der Waals surface area contributed by atoms with E-state index < -0.39 is 0 Å². The fourth-order valence-electron chi connectivity index (χ4n) is 2.99. The molecule has 2 heterocycles. The van der Waals surface area contributed by atoms with Crippen LogP contribution in [-0.2, 0) is 16.1 Å². The zero-order chi connectivity index (χ0) is 19.9. The number of benzene rings is 1. The molecule has 1 fully saturated rings. The summed E-state index contributed by atoms with van der Waals surface area (Å²) in [4.78, 5) is 27.6. The number of ether oxygens (including phenoxy) is 1. The maximum Gasteiger partial charge on any atom is 0.409 e. The fourth-order valence-corrected chi connectivity index (χ4v) is 3.12. The van der Waals surface area contributed by atoms with Crippen molar-refractivity contribution in [3.63, 3.8) is 0 Å².